The first-order chi connectivity index (χ1) is 17.7. The van der Waals surface area contributed by atoms with Crippen molar-refractivity contribution in [3.05, 3.63) is 71.0 Å². The van der Waals surface area contributed by atoms with Gasteiger partial charge in [0.15, 0.2) is 0 Å². The number of aromatic amines is 1. The number of hydrogen-bond acceptors (Lipinski definition) is 4. The van der Waals surface area contributed by atoms with Crippen molar-refractivity contribution in [2.75, 3.05) is 24.5 Å². The lowest BCUT2D eigenvalue weighted by atomic mass is 9.76. The number of H-pyrrole nitrogens is 1. The number of hydrogen-bond donors (Lipinski definition) is 2. The Morgan fingerprint density at radius 2 is 2.00 bits per heavy atom. The molecule has 2 aliphatic heterocycles. The van der Waals surface area contributed by atoms with E-state index in [0.29, 0.717) is 11.7 Å². The minimum absolute atomic E-state index is 0.0938. The van der Waals surface area contributed by atoms with Crippen LogP contribution >= 0.6 is 0 Å². The normalized spacial score (nSPS) is 21.9. The van der Waals surface area contributed by atoms with Crippen molar-refractivity contribution in [2.45, 2.75) is 44.8 Å². The molecule has 6 rings (SSSR count). The van der Waals surface area contributed by atoms with Crippen LogP contribution in [-0.2, 0) is 12.8 Å². The van der Waals surface area contributed by atoms with Crippen LogP contribution in [0.3, 0.4) is 0 Å². The van der Waals surface area contributed by atoms with E-state index in [1.54, 1.807) is 18.3 Å². The fourth-order valence-electron chi connectivity index (χ4n) is 6.46. The fourth-order valence-corrected chi connectivity index (χ4v) is 6.46. The summed E-state index contributed by atoms with van der Waals surface area (Å²) in [5.74, 6) is 0. The van der Waals surface area contributed by atoms with E-state index in [0.717, 1.165) is 66.4 Å². The third-order valence-corrected chi connectivity index (χ3v) is 8.40. The predicted octanol–water partition coefficient (Wildman–Crippen LogP) is 5.80. The Hall–Kier alpha value is -3.57. The van der Waals surface area contributed by atoms with Gasteiger partial charge >= 0.3 is 6.18 Å². The van der Waals surface area contributed by atoms with Crippen LogP contribution < -0.4 is 10.2 Å². The van der Waals surface area contributed by atoms with E-state index in [4.69, 9.17) is 0 Å². The van der Waals surface area contributed by atoms with Crippen LogP contribution in [0.2, 0.25) is 0 Å². The second-order valence-corrected chi connectivity index (χ2v) is 10.6. The summed E-state index contributed by atoms with van der Waals surface area (Å²) < 4.78 is 39.2. The Kier molecular flexibility index (Phi) is 5.64. The maximum atomic E-state index is 13.1. The number of benzene rings is 2. The largest absolute Gasteiger partial charge is 0.393 e. The molecule has 5 nitrogen and oxygen atoms in total. The van der Waals surface area contributed by atoms with Gasteiger partial charge in [-0.2, -0.15) is 18.4 Å². The molecule has 0 aliphatic carbocycles. The Bertz CT molecular complexity index is 1530. The molecule has 1 spiro atoms. The summed E-state index contributed by atoms with van der Waals surface area (Å²) in [6.07, 6.45) is -0.430. The molecule has 4 heterocycles. The van der Waals surface area contributed by atoms with Crippen molar-refractivity contribution in [1.82, 2.24) is 15.3 Å². The molecule has 37 heavy (non-hydrogen) atoms. The highest BCUT2D eigenvalue weighted by atomic mass is 19.4. The highest BCUT2D eigenvalue weighted by molar-refractivity contribution is 5.92. The number of halogens is 3. The minimum Gasteiger partial charge on any atom is -0.370 e. The molecule has 4 aromatic rings. The molecular formula is C29H28F3N5. The molecule has 2 aromatic carbocycles. The van der Waals surface area contributed by atoms with Gasteiger partial charge in [0.1, 0.15) is 11.8 Å². The summed E-state index contributed by atoms with van der Waals surface area (Å²) in [4.78, 5) is 9.91. The van der Waals surface area contributed by atoms with E-state index < -0.39 is 12.6 Å². The van der Waals surface area contributed by atoms with Crippen LogP contribution in [-0.4, -0.2) is 41.8 Å². The van der Waals surface area contributed by atoms with Crippen LogP contribution in [0.5, 0.6) is 0 Å². The van der Waals surface area contributed by atoms with Crippen molar-refractivity contribution in [1.29, 1.82) is 5.26 Å². The highest BCUT2D eigenvalue weighted by Gasteiger charge is 2.47. The smallest absolute Gasteiger partial charge is 0.370 e. The average Bonchev–Trinajstić information content (AvgIpc) is 3.59. The van der Waals surface area contributed by atoms with Crippen LogP contribution in [0.4, 0.5) is 18.9 Å². The molecule has 2 fully saturated rings. The SMILES string of the molecule is Cc1c(C[C@@H]2NCCC23CCN(c2ccnc4ccc(CC(F)(F)F)cc24)C3)ccc2[nH]c(C#N)cc12. The number of pyridine rings is 1. The van der Waals surface area contributed by atoms with Gasteiger partial charge in [0, 0.05) is 52.7 Å². The first kappa shape index (κ1) is 23.8. The number of aromatic nitrogens is 2. The quantitative estimate of drug-likeness (QED) is 0.369. The lowest BCUT2D eigenvalue weighted by Gasteiger charge is -2.32. The molecule has 1 unspecified atom stereocenters. The molecule has 0 amide bonds. The Labute approximate surface area is 213 Å². The zero-order valence-corrected chi connectivity index (χ0v) is 20.6. The van der Waals surface area contributed by atoms with Gasteiger partial charge in [-0.1, -0.05) is 12.1 Å². The zero-order chi connectivity index (χ0) is 25.8. The molecule has 2 aromatic heterocycles. The first-order valence-corrected chi connectivity index (χ1v) is 12.7. The molecule has 2 N–H and O–H groups in total. The second-order valence-electron chi connectivity index (χ2n) is 10.6. The fraction of sp³-hybridized carbons (Fsp3) is 0.379. The lowest BCUT2D eigenvalue weighted by Crippen LogP contribution is -2.40. The van der Waals surface area contributed by atoms with Gasteiger partial charge in [0.05, 0.1) is 11.9 Å². The van der Waals surface area contributed by atoms with Crippen LogP contribution in [0.15, 0.2) is 48.7 Å². The van der Waals surface area contributed by atoms with Gasteiger partial charge in [0.2, 0.25) is 0 Å². The summed E-state index contributed by atoms with van der Waals surface area (Å²) >= 11 is 0. The van der Waals surface area contributed by atoms with E-state index in [2.05, 4.69) is 45.3 Å². The molecular weight excluding hydrogens is 475 g/mol. The number of nitrogens with one attached hydrogen (secondary N) is 2. The maximum absolute atomic E-state index is 13.1. The monoisotopic (exact) mass is 503 g/mol. The summed E-state index contributed by atoms with van der Waals surface area (Å²) in [5, 5.41) is 14.9. The number of rotatable bonds is 4. The summed E-state index contributed by atoms with van der Waals surface area (Å²) in [6, 6.07) is 15.5. The first-order valence-electron chi connectivity index (χ1n) is 12.7. The van der Waals surface area contributed by atoms with Crippen molar-refractivity contribution in [3.8, 4) is 6.07 Å². The summed E-state index contributed by atoms with van der Waals surface area (Å²) in [7, 11) is 0. The third-order valence-electron chi connectivity index (χ3n) is 8.40. The Balaban J connectivity index is 1.27. The van der Waals surface area contributed by atoms with Crippen molar-refractivity contribution < 1.29 is 13.2 Å². The molecule has 2 saturated heterocycles. The number of aryl methyl sites for hydroxylation is 1. The molecule has 0 bridgehead atoms. The van der Waals surface area contributed by atoms with E-state index in [9.17, 15) is 18.4 Å². The molecule has 0 radical (unpaired) electrons. The Morgan fingerprint density at radius 1 is 1.14 bits per heavy atom. The molecule has 0 saturated carbocycles. The van der Waals surface area contributed by atoms with Gasteiger partial charge in [0.25, 0.3) is 0 Å². The van der Waals surface area contributed by atoms with E-state index >= 15 is 0 Å². The van der Waals surface area contributed by atoms with E-state index in [-0.39, 0.29) is 11.0 Å². The van der Waals surface area contributed by atoms with Crippen LogP contribution in [0.1, 0.15) is 35.2 Å². The molecule has 190 valence electrons. The number of fused-ring (bicyclic) bond motifs is 2. The average molecular weight is 504 g/mol. The van der Waals surface area contributed by atoms with Gasteiger partial charge in [-0.05, 0) is 79.8 Å². The van der Waals surface area contributed by atoms with Crippen LogP contribution in [0, 0.1) is 23.7 Å². The topological polar surface area (TPSA) is 67.7 Å². The zero-order valence-electron chi connectivity index (χ0n) is 20.6. The predicted molar refractivity (Wildman–Crippen MR) is 139 cm³/mol. The number of nitriles is 1. The van der Waals surface area contributed by atoms with Crippen molar-refractivity contribution in [2.24, 2.45) is 5.41 Å². The number of anilines is 1. The van der Waals surface area contributed by atoms with Crippen LogP contribution in [0.25, 0.3) is 21.8 Å². The van der Waals surface area contributed by atoms with E-state index in [1.807, 2.05) is 12.1 Å². The Morgan fingerprint density at radius 3 is 2.81 bits per heavy atom. The minimum atomic E-state index is -4.24. The second kappa shape index (κ2) is 8.77. The van der Waals surface area contributed by atoms with Gasteiger partial charge < -0.3 is 15.2 Å². The lowest BCUT2D eigenvalue weighted by molar-refractivity contribution is -0.127. The van der Waals surface area contributed by atoms with Crippen molar-refractivity contribution in [3.63, 3.8) is 0 Å². The third kappa shape index (κ3) is 4.31. The van der Waals surface area contributed by atoms with E-state index in [1.165, 1.54) is 17.2 Å². The summed E-state index contributed by atoms with van der Waals surface area (Å²) in [6.45, 7) is 4.80. The molecule has 2 atom stereocenters. The highest BCUT2D eigenvalue weighted by Crippen LogP contribution is 2.45. The van der Waals surface area contributed by atoms with Gasteiger partial charge in [-0.25, -0.2) is 0 Å². The summed E-state index contributed by atoms with van der Waals surface area (Å²) in [5.41, 5.74) is 6.07. The van der Waals surface area contributed by atoms with Gasteiger partial charge in [-0.15, -0.1) is 0 Å². The standard InChI is InChI=1S/C29H28F3N5/c1-18-20(3-5-25-22(18)14-21(16-33)36-25)13-27-28(7-10-35-27)8-11-37(17-28)26-6-9-34-24-4-2-19(12-23(24)26)15-29(30,31)32/h2-6,9,12,14,27,35-36H,7-8,10-11,13,15,17H2,1H3/t27-,28?/m0/s1. The maximum Gasteiger partial charge on any atom is 0.393 e. The molecule has 8 heteroatoms. The van der Waals surface area contributed by atoms with Gasteiger partial charge in [-0.3, -0.25) is 4.98 Å². The molecule has 2 aliphatic rings. The number of alkyl halides is 3. The number of nitrogens with zero attached hydrogens (tertiary/aromatic N) is 3. The van der Waals surface area contributed by atoms with Crippen molar-refractivity contribution >= 4 is 27.5 Å².